The average Bonchev–Trinajstić information content (AvgIpc) is 2.03. The molecule has 0 rings (SSSR count). The van der Waals surface area contributed by atoms with Crippen LogP contribution in [-0.2, 0) is 4.79 Å². The van der Waals surface area contributed by atoms with Gasteiger partial charge in [-0.25, -0.2) is 10.6 Å². The second-order valence-corrected chi connectivity index (χ2v) is 2.40. The van der Waals surface area contributed by atoms with Crippen LogP contribution in [0.5, 0.6) is 0 Å². The number of nitrogens with two attached hydrogens (primary N) is 1. The molecule has 12 heavy (non-hydrogen) atoms. The van der Waals surface area contributed by atoms with E-state index < -0.39 is 6.03 Å². The van der Waals surface area contributed by atoms with Gasteiger partial charge in [0.15, 0.2) is 0 Å². The zero-order chi connectivity index (χ0) is 9.56. The van der Waals surface area contributed by atoms with E-state index in [0.29, 0.717) is 0 Å². The molecular formula is C6H14N4O2. The summed E-state index contributed by atoms with van der Waals surface area (Å²) in [6.07, 6.45) is 0.240. The smallest absolute Gasteiger partial charge is 0.329 e. The third-order valence-electron chi connectivity index (χ3n) is 1.28. The number of hydrogen-bond donors (Lipinski definition) is 4. The maximum atomic E-state index is 10.8. The van der Waals surface area contributed by atoms with Gasteiger partial charge >= 0.3 is 6.03 Å². The van der Waals surface area contributed by atoms with Crippen molar-refractivity contribution in [2.24, 2.45) is 5.84 Å². The van der Waals surface area contributed by atoms with E-state index in [-0.39, 0.29) is 18.4 Å². The Labute approximate surface area is 70.8 Å². The Morgan fingerprint density at radius 1 is 1.50 bits per heavy atom. The van der Waals surface area contributed by atoms with Crippen LogP contribution >= 0.6 is 0 Å². The summed E-state index contributed by atoms with van der Waals surface area (Å²) in [6.45, 7) is 1.71. The van der Waals surface area contributed by atoms with E-state index in [1.807, 2.05) is 5.43 Å². The molecule has 0 aliphatic heterocycles. The van der Waals surface area contributed by atoms with Gasteiger partial charge in [0.25, 0.3) is 0 Å². The van der Waals surface area contributed by atoms with Gasteiger partial charge in [0.2, 0.25) is 5.91 Å². The van der Waals surface area contributed by atoms with Crippen LogP contribution < -0.4 is 21.9 Å². The van der Waals surface area contributed by atoms with Gasteiger partial charge < -0.3 is 10.6 Å². The predicted molar refractivity (Wildman–Crippen MR) is 44.0 cm³/mol. The topological polar surface area (TPSA) is 96.2 Å². The number of hydrogen-bond acceptors (Lipinski definition) is 3. The standard InChI is InChI=1S/C6H14N4O2/c1-4(3-5(11)8-2)9-6(12)10-7/h4H,3,7H2,1-2H3,(H,8,11)(H2,9,10,12). The zero-order valence-electron chi connectivity index (χ0n) is 7.18. The molecule has 6 heteroatoms. The number of amides is 3. The van der Waals surface area contributed by atoms with Crippen LogP contribution in [0.15, 0.2) is 0 Å². The largest absolute Gasteiger partial charge is 0.359 e. The molecular weight excluding hydrogens is 160 g/mol. The van der Waals surface area contributed by atoms with Crippen molar-refractivity contribution in [1.29, 1.82) is 0 Å². The van der Waals surface area contributed by atoms with Crippen LogP contribution in [0, 0.1) is 0 Å². The van der Waals surface area contributed by atoms with Gasteiger partial charge in [0, 0.05) is 19.5 Å². The number of carbonyl (C=O) groups is 2. The van der Waals surface area contributed by atoms with Crippen molar-refractivity contribution in [1.82, 2.24) is 16.1 Å². The highest BCUT2D eigenvalue weighted by Crippen LogP contribution is 1.88. The molecule has 0 aromatic rings. The third kappa shape index (κ3) is 4.51. The van der Waals surface area contributed by atoms with Gasteiger partial charge in [-0.3, -0.25) is 10.2 Å². The second-order valence-electron chi connectivity index (χ2n) is 2.40. The van der Waals surface area contributed by atoms with Crippen LogP contribution in [0.4, 0.5) is 4.79 Å². The molecule has 0 aromatic carbocycles. The second kappa shape index (κ2) is 5.36. The van der Waals surface area contributed by atoms with Crippen LogP contribution in [0.3, 0.4) is 0 Å². The Kier molecular flexibility index (Phi) is 4.78. The molecule has 0 heterocycles. The summed E-state index contributed by atoms with van der Waals surface area (Å²) in [7, 11) is 1.54. The van der Waals surface area contributed by atoms with Crippen LogP contribution in [0.2, 0.25) is 0 Å². The highest BCUT2D eigenvalue weighted by molar-refractivity contribution is 5.78. The summed E-state index contributed by atoms with van der Waals surface area (Å²) < 4.78 is 0. The first-order valence-corrected chi connectivity index (χ1v) is 3.57. The molecule has 3 amide bonds. The molecule has 0 saturated heterocycles. The Morgan fingerprint density at radius 3 is 2.50 bits per heavy atom. The summed E-state index contributed by atoms with van der Waals surface area (Å²) in [5.41, 5.74) is 1.91. The maximum absolute atomic E-state index is 10.8. The molecule has 1 unspecified atom stereocenters. The summed E-state index contributed by atoms with van der Waals surface area (Å²) >= 11 is 0. The fourth-order valence-electron chi connectivity index (χ4n) is 0.697. The highest BCUT2D eigenvalue weighted by Gasteiger charge is 2.08. The summed E-state index contributed by atoms with van der Waals surface area (Å²) in [6, 6.07) is -0.722. The van der Waals surface area contributed by atoms with E-state index >= 15 is 0 Å². The van der Waals surface area contributed by atoms with Gasteiger partial charge in [0.05, 0.1) is 0 Å². The molecule has 5 N–H and O–H groups in total. The van der Waals surface area contributed by atoms with E-state index in [4.69, 9.17) is 5.84 Å². The highest BCUT2D eigenvalue weighted by atomic mass is 16.2. The van der Waals surface area contributed by atoms with E-state index in [0.717, 1.165) is 0 Å². The Balaban J connectivity index is 3.66. The third-order valence-corrected chi connectivity index (χ3v) is 1.28. The van der Waals surface area contributed by atoms with Gasteiger partial charge in [-0.2, -0.15) is 0 Å². The summed E-state index contributed by atoms with van der Waals surface area (Å²) in [4.78, 5) is 21.4. The maximum Gasteiger partial charge on any atom is 0.329 e. The van der Waals surface area contributed by atoms with E-state index in [9.17, 15) is 9.59 Å². The lowest BCUT2D eigenvalue weighted by Gasteiger charge is -2.11. The molecule has 0 spiro atoms. The van der Waals surface area contributed by atoms with Crippen LogP contribution in [-0.4, -0.2) is 25.0 Å². The lowest BCUT2D eigenvalue weighted by atomic mass is 10.2. The van der Waals surface area contributed by atoms with E-state index in [2.05, 4.69) is 10.6 Å². The van der Waals surface area contributed by atoms with Crippen molar-refractivity contribution in [2.75, 3.05) is 7.05 Å². The SMILES string of the molecule is CNC(=O)CC(C)NC(=O)NN. The Bertz CT molecular complexity index is 153. The molecule has 0 saturated carbocycles. The van der Waals surface area contributed by atoms with Crippen molar-refractivity contribution < 1.29 is 9.59 Å². The first-order chi connectivity index (χ1) is 5.60. The van der Waals surface area contributed by atoms with Crippen LogP contribution in [0.1, 0.15) is 13.3 Å². The molecule has 0 aromatic heterocycles. The molecule has 0 bridgehead atoms. The lowest BCUT2D eigenvalue weighted by Crippen LogP contribution is -2.45. The molecule has 0 radical (unpaired) electrons. The van der Waals surface area contributed by atoms with E-state index in [1.54, 1.807) is 6.92 Å². The molecule has 0 aliphatic rings. The van der Waals surface area contributed by atoms with Crippen molar-refractivity contribution in [2.45, 2.75) is 19.4 Å². The van der Waals surface area contributed by atoms with Crippen molar-refractivity contribution in [3.63, 3.8) is 0 Å². The number of hydrazine groups is 1. The Morgan fingerprint density at radius 2 is 2.08 bits per heavy atom. The Hall–Kier alpha value is -1.30. The van der Waals surface area contributed by atoms with Crippen LogP contribution in [0.25, 0.3) is 0 Å². The van der Waals surface area contributed by atoms with Gasteiger partial charge in [-0.05, 0) is 6.92 Å². The predicted octanol–water partition coefficient (Wildman–Crippen LogP) is -1.32. The molecule has 1 atom stereocenters. The number of carbonyl (C=O) groups excluding carboxylic acids is 2. The van der Waals surface area contributed by atoms with Gasteiger partial charge in [-0.15, -0.1) is 0 Å². The monoisotopic (exact) mass is 174 g/mol. The minimum absolute atomic E-state index is 0.125. The average molecular weight is 174 g/mol. The zero-order valence-corrected chi connectivity index (χ0v) is 7.18. The van der Waals surface area contributed by atoms with Crippen molar-refractivity contribution in [3.05, 3.63) is 0 Å². The molecule has 0 fully saturated rings. The molecule has 70 valence electrons. The minimum Gasteiger partial charge on any atom is -0.359 e. The fraction of sp³-hybridized carbons (Fsp3) is 0.667. The van der Waals surface area contributed by atoms with Crippen molar-refractivity contribution in [3.8, 4) is 0 Å². The number of urea groups is 1. The number of rotatable bonds is 3. The molecule has 0 aliphatic carbocycles. The normalized spacial score (nSPS) is 11.6. The lowest BCUT2D eigenvalue weighted by molar-refractivity contribution is -0.120. The number of nitrogens with one attached hydrogen (secondary N) is 3. The first-order valence-electron chi connectivity index (χ1n) is 3.57. The fourth-order valence-corrected chi connectivity index (χ4v) is 0.697. The summed E-state index contributed by atoms with van der Waals surface area (Å²) in [5.74, 6) is 4.70. The molecule has 6 nitrogen and oxygen atoms in total. The first kappa shape index (κ1) is 10.7. The van der Waals surface area contributed by atoms with Gasteiger partial charge in [-0.1, -0.05) is 0 Å². The van der Waals surface area contributed by atoms with Gasteiger partial charge in [0.1, 0.15) is 0 Å². The minimum atomic E-state index is -0.494. The quantitative estimate of drug-likeness (QED) is 0.243. The van der Waals surface area contributed by atoms with E-state index in [1.165, 1.54) is 7.05 Å². The summed E-state index contributed by atoms with van der Waals surface area (Å²) in [5, 5.41) is 4.90. The van der Waals surface area contributed by atoms with Crippen molar-refractivity contribution >= 4 is 11.9 Å².